The second-order valence-electron chi connectivity index (χ2n) is 4.88. The van der Waals surface area contributed by atoms with Crippen molar-refractivity contribution in [3.63, 3.8) is 0 Å². The molecule has 0 amide bonds. The summed E-state index contributed by atoms with van der Waals surface area (Å²) in [7, 11) is -3.92. The van der Waals surface area contributed by atoms with E-state index in [0.717, 1.165) is 6.07 Å². The predicted molar refractivity (Wildman–Crippen MR) is 76.3 cm³/mol. The molecule has 0 aromatic heterocycles. The van der Waals surface area contributed by atoms with E-state index in [1.54, 1.807) is 13.8 Å². The highest BCUT2D eigenvalue weighted by Gasteiger charge is 2.27. The van der Waals surface area contributed by atoms with E-state index >= 15 is 0 Å². The molecular formula is C13H21FN2O3S. The second kappa shape index (κ2) is 6.07. The van der Waals surface area contributed by atoms with Crippen molar-refractivity contribution in [3.05, 3.63) is 23.5 Å². The van der Waals surface area contributed by atoms with Crippen LogP contribution in [0, 0.1) is 12.7 Å². The first-order chi connectivity index (χ1) is 9.15. The Balaban J connectivity index is 3.07. The average molecular weight is 304 g/mol. The van der Waals surface area contributed by atoms with Gasteiger partial charge < -0.3 is 10.8 Å². The highest BCUT2D eigenvalue weighted by Crippen LogP contribution is 2.22. The number of aliphatic hydroxyl groups is 1. The van der Waals surface area contributed by atoms with Crippen LogP contribution in [0.15, 0.2) is 17.0 Å². The van der Waals surface area contributed by atoms with Gasteiger partial charge in [0.05, 0.1) is 10.5 Å². The summed E-state index contributed by atoms with van der Waals surface area (Å²) in [6.45, 7) is 4.78. The quantitative estimate of drug-likeness (QED) is 0.695. The van der Waals surface area contributed by atoms with Gasteiger partial charge >= 0.3 is 0 Å². The highest BCUT2D eigenvalue weighted by atomic mass is 32.2. The molecule has 0 radical (unpaired) electrons. The van der Waals surface area contributed by atoms with Crippen LogP contribution in [0.1, 0.15) is 32.3 Å². The van der Waals surface area contributed by atoms with Crippen molar-refractivity contribution in [1.29, 1.82) is 0 Å². The Morgan fingerprint density at radius 3 is 2.40 bits per heavy atom. The lowest BCUT2D eigenvalue weighted by molar-refractivity contribution is 0.0377. The molecule has 1 aromatic rings. The smallest absolute Gasteiger partial charge is 0.241 e. The number of sulfonamides is 1. The lowest BCUT2D eigenvalue weighted by atomic mass is 9.98. The van der Waals surface area contributed by atoms with Crippen molar-refractivity contribution < 1.29 is 17.9 Å². The van der Waals surface area contributed by atoms with Crippen molar-refractivity contribution in [2.75, 3.05) is 12.3 Å². The molecule has 0 heterocycles. The fourth-order valence-corrected chi connectivity index (χ4v) is 3.17. The Labute approximate surface area is 119 Å². The normalized spacial score (nSPS) is 12.7. The molecule has 0 atom stereocenters. The van der Waals surface area contributed by atoms with Gasteiger partial charge in [0.2, 0.25) is 10.0 Å². The van der Waals surface area contributed by atoms with E-state index in [0.29, 0.717) is 12.8 Å². The molecular weight excluding hydrogens is 283 g/mol. The summed E-state index contributed by atoms with van der Waals surface area (Å²) in [6, 6.07) is 2.28. The fourth-order valence-electron chi connectivity index (χ4n) is 1.76. The van der Waals surface area contributed by atoms with E-state index in [2.05, 4.69) is 4.72 Å². The van der Waals surface area contributed by atoms with E-state index in [1.807, 2.05) is 0 Å². The maximum atomic E-state index is 13.6. The Hall–Kier alpha value is -1.18. The number of nitrogen functional groups attached to an aromatic ring is 1. The monoisotopic (exact) mass is 304 g/mol. The first-order valence-corrected chi connectivity index (χ1v) is 7.91. The molecule has 1 aromatic carbocycles. The lowest BCUT2D eigenvalue weighted by Crippen LogP contribution is -2.42. The Kier molecular flexibility index (Phi) is 5.12. The number of nitrogens with one attached hydrogen (secondary N) is 1. The maximum absolute atomic E-state index is 13.6. The molecule has 7 heteroatoms. The van der Waals surface area contributed by atoms with Gasteiger partial charge in [0.1, 0.15) is 5.82 Å². The van der Waals surface area contributed by atoms with Crippen LogP contribution in [0.3, 0.4) is 0 Å². The van der Waals surface area contributed by atoms with Crippen molar-refractivity contribution in [1.82, 2.24) is 4.72 Å². The third-order valence-electron chi connectivity index (χ3n) is 3.52. The van der Waals surface area contributed by atoms with Crippen molar-refractivity contribution >= 4 is 15.7 Å². The van der Waals surface area contributed by atoms with E-state index in [9.17, 15) is 17.9 Å². The Bertz CT molecular complexity index is 584. The van der Waals surface area contributed by atoms with E-state index in [1.165, 1.54) is 13.0 Å². The lowest BCUT2D eigenvalue weighted by Gasteiger charge is -2.25. The minimum Gasteiger partial charge on any atom is -0.399 e. The largest absolute Gasteiger partial charge is 0.399 e. The van der Waals surface area contributed by atoms with Crippen LogP contribution in [-0.2, 0) is 10.0 Å². The van der Waals surface area contributed by atoms with Gasteiger partial charge in [0.15, 0.2) is 0 Å². The fraction of sp³-hybridized carbons (Fsp3) is 0.538. The van der Waals surface area contributed by atoms with Gasteiger partial charge in [0.25, 0.3) is 0 Å². The van der Waals surface area contributed by atoms with Gasteiger partial charge in [-0.2, -0.15) is 0 Å². The number of nitrogens with two attached hydrogens (primary N) is 1. The molecule has 4 N–H and O–H groups in total. The van der Waals surface area contributed by atoms with Gasteiger partial charge in [-0.15, -0.1) is 0 Å². The molecule has 0 saturated heterocycles. The zero-order chi connectivity index (χ0) is 15.6. The van der Waals surface area contributed by atoms with Crippen LogP contribution in [0.2, 0.25) is 0 Å². The molecule has 114 valence electrons. The van der Waals surface area contributed by atoms with E-state index in [4.69, 9.17) is 5.73 Å². The van der Waals surface area contributed by atoms with Crippen LogP contribution in [0.25, 0.3) is 0 Å². The third kappa shape index (κ3) is 3.68. The number of rotatable bonds is 6. The summed E-state index contributed by atoms with van der Waals surface area (Å²) in [5, 5.41) is 10.1. The highest BCUT2D eigenvalue weighted by molar-refractivity contribution is 7.89. The zero-order valence-corrected chi connectivity index (χ0v) is 12.7. The second-order valence-corrected chi connectivity index (χ2v) is 6.62. The number of hydrogen-bond acceptors (Lipinski definition) is 4. The first kappa shape index (κ1) is 16.9. The van der Waals surface area contributed by atoms with Crippen LogP contribution < -0.4 is 10.5 Å². The molecule has 0 aliphatic carbocycles. The minimum absolute atomic E-state index is 0.00300. The number of halogens is 1. The van der Waals surface area contributed by atoms with Crippen LogP contribution in [0.4, 0.5) is 10.1 Å². The van der Waals surface area contributed by atoms with Crippen LogP contribution in [-0.4, -0.2) is 25.7 Å². The van der Waals surface area contributed by atoms with Crippen molar-refractivity contribution in [3.8, 4) is 0 Å². The molecule has 0 unspecified atom stereocenters. The third-order valence-corrected chi connectivity index (χ3v) is 5.04. The predicted octanol–water partition coefficient (Wildman–Crippen LogP) is 1.55. The molecule has 0 saturated carbocycles. The molecule has 0 aliphatic heterocycles. The van der Waals surface area contributed by atoms with Gasteiger partial charge in [-0.1, -0.05) is 13.8 Å². The summed E-state index contributed by atoms with van der Waals surface area (Å²) < 4.78 is 40.3. The van der Waals surface area contributed by atoms with Crippen molar-refractivity contribution in [2.24, 2.45) is 0 Å². The zero-order valence-electron chi connectivity index (χ0n) is 11.9. The number of benzene rings is 1. The topological polar surface area (TPSA) is 92.4 Å². The molecule has 0 fully saturated rings. The average Bonchev–Trinajstić information content (AvgIpc) is 2.40. The van der Waals surface area contributed by atoms with Crippen LogP contribution in [0.5, 0.6) is 0 Å². The van der Waals surface area contributed by atoms with E-state index < -0.39 is 21.4 Å². The molecule has 0 bridgehead atoms. The molecule has 0 spiro atoms. The molecule has 0 aliphatic rings. The van der Waals surface area contributed by atoms with Gasteiger partial charge in [-0.25, -0.2) is 17.5 Å². The molecule has 1 rings (SSSR count). The minimum atomic E-state index is -3.92. The van der Waals surface area contributed by atoms with Crippen LogP contribution >= 0.6 is 0 Å². The maximum Gasteiger partial charge on any atom is 0.241 e. The Morgan fingerprint density at radius 2 is 1.90 bits per heavy atom. The SMILES string of the molecule is CCC(O)(CC)CNS(=O)(=O)c1cc(N)cc(F)c1C. The standard InChI is InChI=1S/C13H21FN2O3S/c1-4-13(17,5-2)8-16-20(18,19)12-7-10(15)6-11(14)9(12)3/h6-7,16-17H,4-5,8,15H2,1-3H3. The number of anilines is 1. The van der Waals surface area contributed by atoms with Crippen molar-refractivity contribution in [2.45, 2.75) is 44.1 Å². The van der Waals surface area contributed by atoms with E-state index in [-0.39, 0.29) is 22.7 Å². The van der Waals surface area contributed by atoms with Gasteiger partial charge in [0, 0.05) is 17.8 Å². The van der Waals surface area contributed by atoms with Gasteiger partial charge in [-0.3, -0.25) is 0 Å². The summed E-state index contributed by atoms with van der Waals surface area (Å²) in [4.78, 5) is -0.204. The molecule has 20 heavy (non-hydrogen) atoms. The summed E-state index contributed by atoms with van der Waals surface area (Å²) >= 11 is 0. The first-order valence-electron chi connectivity index (χ1n) is 6.43. The number of hydrogen-bond donors (Lipinski definition) is 3. The van der Waals surface area contributed by atoms with Gasteiger partial charge in [-0.05, 0) is 31.9 Å². The summed E-state index contributed by atoms with van der Waals surface area (Å²) in [5.74, 6) is -0.674. The summed E-state index contributed by atoms with van der Waals surface area (Å²) in [6.07, 6.45) is 0.826. The molecule has 5 nitrogen and oxygen atoms in total. The Morgan fingerprint density at radius 1 is 1.35 bits per heavy atom. The summed E-state index contributed by atoms with van der Waals surface area (Å²) in [5.41, 5.74) is 4.41.